The molecule has 0 bridgehead atoms. The Bertz CT molecular complexity index is 899. The second-order valence-corrected chi connectivity index (χ2v) is 6.27. The van der Waals surface area contributed by atoms with Crippen molar-refractivity contribution in [2.24, 2.45) is 0 Å². The van der Waals surface area contributed by atoms with Gasteiger partial charge in [-0.25, -0.2) is 4.39 Å². The topological polar surface area (TPSA) is 44.4 Å². The van der Waals surface area contributed by atoms with Gasteiger partial charge in [0.25, 0.3) is 0 Å². The third-order valence-corrected chi connectivity index (χ3v) is 4.13. The molecule has 0 aromatic heterocycles. The summed E-state index contributed by atoms with van der Waals surface area (Å²) >= 11 is 0. The van der Waals surface area contributed by atoms with Crippen LogP contribution in [0.3, 0.4) is 0 Å². The van der Waals surface area contributed by atoms with Crippen molar-refractivity contribution in [1.29, 1.82) is 0 Å². The number of carbonyl (C=O) groups excluding carboxylic acids is 1. The summed E-state index contributed by atoms with van der Waals surface area (Å²) in [5.74, 6) is -0.616. The normalized spacial score (nSPS) is 10.3. The van der Waals surface area contributed by atoms with Crippen LogP contribution in [0.1, 0.15) is 5.56 Å². The summed E-state index contributed by atoms with van der Waals surface area (Å²) < 4.78 is 13.2. The summed E-state index contributed by atoms with van der Waals surface area (Å²) in [6, 6.07) is 23.9. The summed E-state index contributed by atoms with van der Waals surface area (Å²) in [6.07, 6.45) is 0. The zero-order chi connectivity index (χ0) is 19.1. The van der Waals surface area contributed by atoms with Gasteiger partial charge in [-0.3, -0.25) is 4.79 Å². The van der Waals surface area contributed by atoms with Crippen LogP contribution in [0, 0.1) is 5.82 Å². The van der Waals surface area contributed by atoms with Crippen molar-refractivity contribution in [3.8, 4) is 0 Å². The summed E-state index contributed by atoms with van der Waals surface area (Å²) in [5, 5.41) is 5.85. The molecule has 0 fully saturated rings. The number of anilines is 3. The van der Waals surface area contributed by atoms with Crippen LogP contribution in [0.25, 0.3) is 0 Å². The number of carbonyl (C=O) groups is 1. The third-order valence-electron chi connectivity index (χ3n) is 4.13. The molecule has 3 aromatic carbocycles. The highest BCUT2D eigenvalue weighted by Crippen LogP contribution is 2.25. The molecule has 0 aliphatic rings. The number of rotatable bonds is 7. The molecule has 0 aliphatic heterocycles. The van der Waals surface area contributed by atoms with Crippen molar-refractivity contribution >= 4 is 23.0 Å². The quantitative estimate of drug-likeness (QED) is 0.649. The Morgan fingerprint density at radius 1 is 0.963 bits per heavy atom. The van der Waals surface area contributed by atoms with Gasteiger partial charge >= 0.3 is 0 Å². The predicted octanol–water partition coefficient (Wildman–Crippen LogP) is 4.51. The van der Waals surface area contributed by atoms with E-state index in [4.69, 9.17) is 0 Å². The first-order valence-electron chi connectivity index (χ1n) is 8.75. The van der Waals surface area contributed by atoms with E-state index >= 15 is 0 Å². The van der Waals surface area contributed by atoms with Gasteiger partial charge in [0.15, 0.2) is 0 Å². The number of amides is 1. The Morgan fingerprint density at radius 2 is 1.70 bits per heavy atom. The lowest BCUT2D eigenvalue weighted by molar-refractivity contribution is -0.114. The number of nitrogens with one attached hydrogen (secondary N) is 2. The fourth-order valence-corrected chi connectivity index (χ4v) is 2.85. The van der Waals surface area contributed by atoms with Gasteiger partial charge in [0, 0.05) is 19.3 Å². The van der Waals surface area contributed by atoms with Crippen LogP contribution in [0.5, 0.6) is 0 Å². The lowest BCUT2D eigenvalue weighted by Crippen LogP contribution is -2.23. The molecule has 5 heteroatoms. The molecule has 3 rings (SSSR count). The predicted molar refractivity (Wildman–Crippen MR) is 109 cm³/mol. The number of nitrogens with zero attached hydrogens (tertiary/aromatic N) is 1. The minimum Gasteiger partial charge on any atom is -0.374 e. The lowest BCUT2D eigenvalue weighted by atomic mass is 10.2. The van der Waals surface area contributed by atoms with Crippen LogP contribution < -0.4 is 15.5 Å². The molecule has 0 heterocycles. The van der Waals surface area contributed by atoms with Crippen LogP contribution in [-0.2, 0) is 11.3 Å². The standard InChI is InChI=1S/C22H22FN3O/c1-26(16-17-8-3-2-4-9-17)21-13-6-5-12-20(21)24-15-22(27)25-19-11-7-10-18(23)14-19/h2-14,24H,15-16H2,1H3,(H,25,27). The van der Waals surface area contributed by atoms with Crippen molar-refractivity contribution in [1.82, 2.24) is 0 Å². The molecule has 0 spiro atoms. The van der Waals surface area contributed by atoms with Crippen molar-refractivity contribution in [2.75, 3.05) is 29.1 Å². The van der Waals surface area contributed by atoms with E-state index in [1.165, 1.54) is 17.7 Å². The maximum atomic E-state index is 13.2. The van der Waals surface area contributed by atoms with E-state index in [0.29, 0.717) is 5.69 Å². The Morgan fingerprint density at radius 3 is 2.48 bits per heavy atom. The number of hydrogen-bond donors (Lipinski definition) is 2. The van der Waals surface area contributed by atoms with E-state index in [1.807, 2.05) is 49.5 Å². The second kappa shape index (κ2) is 8.85. The van der Waals surface area contributed by atoms with E-state index < -0.39 is 0 Å². The smallest absolute Gasteiger partial charge is 0.243 e. The minimum absolute atomic E-state index is 0.0900. The van der Waals surface area contributed by atoms with Crippen LogP contribution >= 0.6 is 0 Å². The van der Waals surface area contributed by atoms with Gasteiger partial charge in [0.2, 0.25) is 5.91 Å². The molecule has 2 N–H and O–H groups in total. The van der Waals surface area contributed by atoms with Gasteiger partial charge in [-0.1, -0.05) is 48.5 Å². The molecule has 0 radical (unpaired) electrons. The third kappa shape index (κ3) is 5.31. The van der Waals surface area contributed by atoms with E-state index in [0.717, 1.165) is 17.9 Å². The van der Waals surface area contributed by atoms with Crippen LogP contribution in [0.15, 0.2) is 78.9 Å². The highest BCUT2D eigenvalue weighted by molar-refractivity contribution is 5.94. The Labute approximate surface area is 158 Å². The molecule has 0 aliphatic carbocycles. The number of hydrogen-bond acceptors (Lipinski definition) is 3. The van der Waals surface area contributed by atoms with Crippen LogP contribution in [0.4, 0.5) is 21.5 Å². The van der Waals surface area contributed by atoms with Gasteiger partial charge < -0.3 is 15.5 Å². The maximum absolute atomic E-state index is 13.2. The highest BCUT2D eigenvalue weighted by Gasteiger charge is 2.09. The molecule has 0 saturated heterocycles. The lowest BCUT2D eigenvalue weighted by Gasteiger charge is -2.23. The van der Waals surface area contributed by atoms with Gasteiger partial charge in [-0.05, 0) is 35.9 Å². The average Bonchev–Trinajstić information content (AvgIpc) is 2.67. The van der Waals surface area contributed by atoms with Crippen molar-refractivity contribution < 1.29 is 9.18 Å². The summed E-state index contributed by atoms with van der Waals surface area (Å²) in [6.45, 7) is 0.849. The summed E-state index contributed by atoms with van der Waals surface area (Å²) in [5.41, 5.74) is 3.51. The molecular formula is C22H22FN3O. The SMILES string of the molecule is CN(Cc1ccccc1)c1ccccc1NCC(=O)Nc1cccc(F)c1. The van der Waals surface area contributed by atoms with Crippen molar-refractivity contribution in [3.63, 3.8) is 0 Å². The van der Waals surface area contributed by atoms with Crippen molar-refractivity contribution in [3.05, 3.63) is 90.2 Å². The van der Waals surface area contributed by atoms with Crippen LogP contribution in [-0.4, -0.2) is 19.5 Å². The first kappa shape index (κ1) is 18.5. The molecule has 1 amide bonds. The monoisotopic (exact) mass is 363 g/mol. The van der Waals surface area contributed by atoms with E-state index in [2.05, 4.69) is 27.7 Å². The Hall–Kier alpha value is -3.34. The fraction of sp³-hybridized carbons (Fsp3) is 0.136. The average molecular weight is 363 g/mol. The number of halogens is 1. The Balaban J connectivity index is 1.62. The molecule has 138 valence electrons. The molecular weight excluding hydrogens is 341 g/mol. The summed E-state index contributed by atoms with van der Waals surface area (Å²) in [4.78, 5) is 14.3. The first-order valence-corrected chi connectivity index (χ1v) is 8.75. The fourth-order valence-electron chi connectivity index (χ4n) is 2.85. The first-order chi connectivity index (χ1) is 13.1. The molecule has 0 unspecified atom stereocenters. The molecule has 3 aromatic rings. The maximum Gasteiger partial charge on any atom is 0.243 e. The minimum atomic E-state index is -0.381. The molecule has 27 heavy (non-hydrogen) atoms. The summed E-state index contributed by atoms with van der Waals surface area (Å²) in [7, 11) is 2.01. The largest absolute Gasteiger partial charge is 0.374 e. The van der Waals surface area contributed by atoms with E-state index in [1.54, 1.807) is 12.1 Å². The highest BCUT2D eigenvalue weighted by atomic mass is 19.1. The van der Waals surface area contributed by atoms with E-state index in [9.17, 15) is 9.18 Å². The molecule has 0 saturated carbocycles. The molecule has 0 atom stereocenters. The van der Waals surface area contributed by atoms with Gasteiger partial charge in [0.1, 0.15) is 5.82 Å². The van der Waals surface area contributed by atoms with Crippen molar-refractivity contribution in [2.45, 2.75) is 6.54 Å². The van der Waals surface area contributed by atoms with Gasteiger partial charge in [-0.15, -0.1) is 0 Å². The van der Waals surface area contributed by atoms with Gasteiger partial charge in [-0.2, -0.15) is 0 Å². The number of benzene rings is 3. The number of para-hydroxylation sites is 2. The Kier molecular flexibility index (Phi) is 6.05. The zero-order valence-corrected chi connectivity index (χ0v) is 15.2. The van der Waals surface area contributed by atoms with Crippen LogP contribution in [0.2, 0.25) is 0 Å². The van der Waals surface area contributed by atoms with E-state index in [-0.39, 0.29) is 18.3 Å². The zero-order valence-electron chi connectivity index (χ0n) is 15.2. The second-order valence-electron chi connectivity index (χ2n) is 6.27. The van der Waals surface area contributed by atoms with Gasteiger partial charge in [0.05, 0.1) is 17.9 Å². The molecule has 4 nitrogen and oxygen atoms in total.